The van der Waals surface area contributed by atoms with Crippen LogP contribution in [0.25, 0.3) is 0 Å². The molecule has 0 spiro atoms. The largest absolute Gasteiger partial charge is 0.465 e. The third-order valence-corrected chi connectivity index (χ3v) is 3.25. The molecule has 0 bridgehead atoms. The number of amides is 1. The Hall–Kier alpha value is -2.48. The molecule has 0 saturated carbocycles. The maximum Gasteiger partial charge on any atom is 0.338 e. The summed E-state index contributed by atoms with van der Waals surface area (Å²) >= 11 is 0. The molecule has 1 atom stereocenters. The van der Waals surface area contributed by atoms with Crippen molar-refractivity contribution in [3.05, 3.63) is 33.9 Å². The number of nitrogens with one attached hydrogen (secondary N) is 2. The Labute approximate surface area is 120 Å². The second-order valence-electron chi connectivity index (χ2n) is 4.70. The molecule has 1 saturated heterocycles. The monoisotopic (exact) mass is 293 g/mol. The van der Waals surface area contributed by atoms with Gasteiger partial charge in [0.25, 0.3) is 5.69 Å². The van der Waals surface area contributed by atoms with Crippen LogP contribution in [0.1, 0.15) is 16.8 Å². The number of hydrogen-bond acceptors (Lipinski definition) is 6. The number of carbonyl (C=O) groups is 2. The summed E-state index contributed by atoms with van der Waals surface area (Å²) in [6.07, 6.45) is 0.713. The molecule has 1 aliphatic heterocycles. The van der Waals surface area contributed by atoms with Crippen molar-refractivity contribution in [3.63, 3.8) is 0 Å². The first-order valence-electron chi connectivity index (χ1n) is 6.40. The van der Waals surface area contributed by atoms with Crippen molar-refractivity contribution in [1.29, 1.82) is 0 Å². The van der Waals surface area contributed by atoms with E-state index in [9.17, 15) is 19.7 Å². The van der Waals surface area contributed by atoms with Gasteiger partial charge < -0.3 is 15.4 Å². The predicted molar refractivity (Wildman–Crippen MR) is 74.0 cm³/mol. The van der Waals surface area contributed by atoms with Crippen LogP contribution in [-0.4, -0.2) is 37.0 Å². The molecule has 2 N–H and O–H groups in total. The standard InChI is InChI=1S/C13H15N3O5/c1-21-13(18)9-4-10(6-11(5-9)16(19)20)15-12(17)8-2-3-14-7-8/h4-6,8,14H,2-3,7H2,1H3,(H,15,17). The summed E-state index contributed by atoms with van der Waals surface area (Å²) in [6.45, 7) is 1.34. The molecule has 0 radical (unpaired) electrons. The zero-order valence-corrected chi connectivity index (χ0v) is 11.4. The average Bonchev–Trinajstić information content (AvgIpc) is 3.00. The number of rotatable bonds is 4. The molecule has 8 nitrogen and oxygen atoms in total. The summed E-state index contributed by atoms with van der Waals surface area (Å²) in [5.41, 5.74) is -0.0502. The highest BCUT2D eigenvalue weighted by Crippen LogP contribution is 2.22. The molecule has 1 fully saturated rings. The molecule has 8 heteroatoms. The molecule has 2 rings (SSSR count). The minimum absolute atomic E-state index is 0.0200. The summed E-state index contributed by atoms with van der Waals surface area (Å²) in [5, 5.41) is 16.6. The van der Waals surface area contributed by atoms with Gasteiger partial charge in [0.2, 0.25) is 5.91 Å². The summed E-state index contributed by atoms with van der Waals surface area (Å²) in [6, 6.07) is 3.68. The highest BCUT2D eigenvalue weighted by atomic mass is 16.6. The third kappa shape index (κ3) is 3.54. The molecule has 1 heterocycles. The fraction of sp³-hybridized carbons (Fsp3) is 0.385. The first-order valence-corrected chi connectivity index (χ1v) is 6.40. The number of benzene rings is 1. The van der Waals surface area contributed by atoms with Crippen molar-refractivity contribution in [2.75, 3.05) is 25.5 Å². The molecule has 0 aliphatic carbocycles. The van der Waals surface area contributed by atoms with Crippen LogP contribution < -0.4 is 10.6 Å². The highest BCUT2D eigenvalue weighted by molar-refractivity contribution is 5.96. The topological polar surface area (TPSA) is 111 Å². The lowest BCUT2D eigenvalue weighted by atomic mass is 10.1. The number of carbonyl (C=O) groups excluding carboxylic acids is 2. The van der Waals surface area contributed by atoms with Gasteiger partial charge in [0, 0.05) is 24.4 Å². The van der Waals surface area contributed by atoms with Crippen molar-refractivity contribution in [2.24, 2.45) is 5.92 Å². The highest BCUT2D eigenvalue weighted by Gasteiger charge is 2.23. The van der Waals surface area contributed by atoms with Gasteiger partial charge in [-0.15, -0.1) is 0 Å². The summed E-state index contributed by atoms with van der Waals surface area (Å²) in [4.78, 5) is 33.8. The summed E-state index contributed by atoms with van der Waals surface area (Å²) < 4.78 is 4.55. The zero-order valence-electron chi connectivity index (χ0n) is 11.4. The van der Waals surface area contributed by atoms with Crippen LogP contribution >= 0.6 is 0 Å². The van der Waals surface area contributed by atoms with Crippen molar-refractivity contribution in [1.82, 2.24) is 5.32 Å². The van der Waals surface area contributed by atoms with Gasteiger partial charge in [-0.3, -0.25) is 14.9 Å². The Morgan fingerprint density at radius 1 is 1.43 bits per heavy atom. The molecular formula is C13H15N3O5. The lowest BCUT2D eigenvalue weighted by Gasteiger charge is -2.10. The molecule has 1 unspecified atom stereocenters. The Bertz CT molecular complexity index is 581. The molecule has 1 aromatic carbocycles. The van der Waals surface area contributed by atoms with Crippen molar-refractivity contribution < 1.29 is 19.2 Å². The molecule has 1 amide bonds. The number of anilines is 1. The van der Waals surface area contributed by atoms with Crippen LogP contribution in [0.3, 0.4) is 0 Å². The molecule has 1 aromatic rings. The number of nitro groups is 1. The summed E-state index contributed by atoms with van der Waals surface area (Å²) in [7, 11) is 1.18. The molecule has 21 heavy (non-hydrogen) atoms. The first-order chi connectivity index (χ1) is 10.0. The zero-order chi connectivity index (χ0) is 15.4. The van der Waals surface area contributed by atoms with E-state index in [0.29, 0.717) is 13.0 Å². The quantitative estimate of drug-likeness (QED) is 0.485. The van der Waals surface area contributed by atoms with E-state index in [1.165, 1.54) is 19.2 Å². The van der Waals surface area contributed by atoms with E-state index in [2.05, 4.69) is 15.4 Å². The average molecular weight is 293 g/mol. The number of hydrogen-bond donors (Lipinski definition) is 2. The van der Waals surface area contributed by atoms with Crippen LogP contribution in [-0.2, 0) is 9.53 Å². The van der Waals surface area contributed by atoms with E-state index < -0.39 is 10.9 Å². The lowest BCUT2D eigenvalue weighted by Crippen LogP contribution is -2.24. The van der Waals surface area contributed by atoms with Crippen LogP contribution in [0, 0.1) is 16.0 Å². The molecule has 0 aromatic heterocycles. The van der Waals surface area contributed by atoms with Gasteiger partial charge in [-0.05, 0) is 19.0 Å². The van der Waals surface area contributed by atoms with E-state index >= 15 is 0 Å². The molecule has 112 valence electrons. The van der Waals surface area contributed by atoms with Crippen molar-refractivity contribution in [2.45, 2.75) is 6.42 Å². The van der Waals surface area contributed by atoms with Crippen LogP contribution in [0.4, 0.5) is 11.4 Å². The van der Waals surface area contributed by atoms with Gasteiger partial charge in [0.1, 0.15) is 0 Å². The number of methoxy groups -OCH3 is 1. The molecular weight excluding hydrogens is 278 g/mol. The minimum atomic E-state index is -0.697. The van der Waals surface area contributed by atoms with E-state index in [4.69, 9.17) is 0 Å². The Balaban J connectivity index is 2.24. The number of nitro benzene ring substituents is 1. The lowest BCUT2D eigenvalue weighted by molar-refractivity contribution is -0.384. The fourth-order valence-electron chi connectivity index (χ4n) is 2.15. The SMILES string of the molecule is COC(=O)c1cc(NC(=O)C2CCNC2)cc([N+](=O)[O-])c1. The van der Waals surface area contributed by atoms with Gasteiger partial charge in [-0.2, -0.15) is 0 Å². The van der Waals surface area contributed by atoms with Crippen LogP contribution in [0.15, 0.2) is 18.2 Å². The van der Waals surface area contributed by atoms with Gasteiger partial charge in [-0.25, -0.2) is 4.79 Å². The van der Waals surface area contributed by atoms with Gasteiger partial charge in [0.15, 0.2) is 0 Å². The fourth-order valence-corrected chi connectivity index (χ4v) is 2.15. The summed E-state index contributed by atoms with van der Waals surface area (Å²) in [5.74, 6) is -1.10. The van der Waals surface area contributed by atoms with Crippen LogP contribution in [0.2, 0.25) is 0 Å². The maximum atomic E-state index is 12.0. The maximum absolute atomic E-state index is 12.0. The Morgan fingerprint density at radius 2 is 2.19 bits per heavy atom. The third-order valence-electron chi connectivity index (χ3n) is 3.25. The van der Waals surface area contributed by atoms with E-state index in [-0.39, 0.29) is 28.8 Å². The van der Waals surface area contributed by atoms with Crippen molar-refractivity contribution >= 4 is 23.3 Å². The number of non-ortho nitro benzene ring substituents is 1. The van der Waals surface area contributed by atoms with Crippen LogP contribution in [0.5, 0.6) is 0 Å². The van der Waals surface area contributed by atoms with E-state index in [1.54, 1.807) is 0 Å². The second-order valence-corrected chi connectivity index (χ2v) is 4.70. The number of ether oxygens (including phenoxy) is 1. The normalized spacial score (nSPS) is 17.3. The predicted octanol–water partition coefficient (Wildman–Crippen LogP) is 0.929. The van der Waals surface area contributed by atoms with Gasteiger partial charge in [0.05, 0.1) is 23.5 Å². The second kappa shape index (κ2) is 6.31. The minimum Gasteiger partial charge on any atom is -0.465 e. The van der Waals surface area contributed by atoms with E-state index in [0.717, 1.165) is 12.6 Å². The van der Waals surface area contributed by atoms with Gasteiger partial charge >= 0.3 is 5.97 Å². The number of nitrogens with zero attached hydrogens (tertiary/aromatic N) is 1. The Kier molecular flexibility index (Phi) is 4.49. The number of esters is 1. The molecule has 1 aliphatic rings. The smallest absolute Gasteiger partial charge is 0.338 e. The van der Waals surface area contributed by atoms with E-state index in [1.807, 2.05) is 0 Å². The first kappa shape index (κ1) is 14.9. The van der Waals surface area contributed by atoms with Crippen molar-refractivity contribution in [3.8, 4) is 0 Å². The van der Waals surface area contributed by atoms with Gasteiger partial charge in [-0.1, -0.05) is 0 Å². The Morgan fingerprint density at radius 3 is 2.76 bits per heavy atom.